The lowest BCUT2D eigenvalue weighted by Crippen LogP contribution is -2.37. The second kappa shape index (κ2) is 20.2. The number of likely N-dealkylation sites (N-methyl/N-ethyl adjacent to an activating group) is 1. The lowest BCUT2D eigenvalue weighted by atomic mass is 10.0. The quantitative estimate of drug-likeness (QED) is 0.111. The van der Waals surface area contributed by atoms with Gasteiger partial charge in [-0.15, -0.1) is 0 Å². The predicted molar refractivity (Wildman–Crippen MR) is 134 cm³/mol. The van der Waals surface area contributed by atoms with E-state index in [1.165, 1.54) is 70.6 Å². The van der Waals surface area contributed by atoms with Gasteiger partial charge in [-0.25, -0.2) is 0 Å². The zero-order valence-corrected chi connectivity index (χ0v) is 23.2. The van der Waals surface area contributed by atoms with Gasteiger partial charge in [-0.2, -0.15) is 0 Å². The van der Waals surface area contributed by atoms with Gasteiger partial charge < -0.3 is 28.3 Å². The van der Waals surface area contributed by atoms with E-state index < -0.39 is 13.9 Å². The summed E-state index contributed by atoms with van der Waals surface area (Å²) in [4.78, 5) is 11.7. The predicted octanol–water partition coefficient (Wildman–Crippen LogP) is 5.30. The van der Waals surface area contributed by atoms with Crippen LogP contribution in [-0.4, -0.2) is 69.8 Å². The molecule has 0 bridgehead atoms. The van der Waals surface area contributed by atoms with Crippen molar-refractivity contribution in [1.82, 2.24) is 0 Å². The first-order chi connectivity index (χ1) is 15.5. The number of unbranched alkanes of at least 4 members (excludes halogenated alkanes) is 11. The Morgan fingerprint density at radius 3 is 1.73 bits per heavy atom. The summed E-state index contributed by atoms with van der Waals surface area (Å²) in [5, 5.41) is 9.82. The zero-order valence-electron chi connectivity index (χ0n) is 22.3. The summed E-state index contributed by atoms with van der Waals surface area (Å²) in [6.07, 6.45) is 15.9. The van der Waals surface area contributed by atoms with Crippen molar-refractivity contribution in [2.24, 2.45) is 5.92 Å². The number of phosphoric ester groups is 1. The summed E-state index contributed by atoms with van der Waals surface area (Å²) in [6.45, 7) is 5.49. The van der Waals surface area contributed by atoms with E-state index in [2.05, 4.69) is 13.8 Å². The summed E-state index contributed by atoms with van der Waals surface area (Å²) < 4.78 is 27.2. The van der Waals surface area contributed by atoms with Crippen molar-refractivity contribution in [2.45, 2.75) is 103 Å². The molecule has 0 amide bonds. The topological polar surface area (TPSA) is 88.0 Å². The second-order valence-corrected chi connectivity index (χ2v) is 12.2. The molecule has 0 aliphatic heterocycles. The minimum Gasteiger partial charge on any atom is -0.756 e. The average molecular weight is 496 g/mol. The maximum absolute atomic E-state index is 11.7. The van der Waals surface area contributed by atoms with Crippen molar-refractivity contribution >= 4 is 7.82 Å². The van der Waals surface area contributed by atoms with Crippen LogP contribution in [0.4, 0.5) is 0 Å². The van der Waals surface area contributed by atoms with Gasteiger partial charge in [0.2, 0.25) is 0 Å². The third kappa shape index (κ3) is 26.4. The highest BCUT2D eigenvalue weighted by Gasteiger charge is 2.15. The summed E-state index contributed by atoms with van der Waals surface area (Å²) in [7, 11) is 1.45. The van der Waals surface area contributed by atoms with Crippen molar-refractivity contribution in [3.05, 3.63) is 0 Å². The van der Waals surface area contributed by atoms with Crippen molar-refractivity contribution < 1.29 is 32.8 Å². The van der Waals surface area contributed by atoms with Crippen LogP contribution in [0.15, 0.2) is 0 Å². The standard InChI is InChI=1S/C25H54NO6P/c1-24(2)18-16-14-12-10-8-6-7-9-11-13-15-17-20-30-22-25(27)23-32-33(28,29)31-21-19-26(3,4)5/h24-25,27H,6-23H2,1-5H3/t25-/m1/s1. The summed E-state index contributed by atoms with van der Waals surface area (Å²) >= 11 is 0. The Balaban J connectivity index is 3.40. The number of phosphoric acid groups is 1. The number of quaternary nitrogens is 1. The Bertz CT molecular complexity index is 484. The molecule has 1 unspecified atom stereocenters. The molecule has 0 aliphatic carbocycles. The fraction of sp³-hybridized carbons (Fsp3) is 1.00. The lowest BCUT2D eigenvalue weighted by Gasteiger charge is -2.27. The fourth-order valence-corrected chi connectivity index (χ4v) is 4.17. The molecular weight excluding hydrogens is 441 g/mol. The molecule has 1 N–H and O–H groups in total. The van der Waals surface area contributed by atoms with Crippen molar-refractivity contribution in [2.75, 3.05) is 54.1 Å². The smallest absolute Gasteiger partial charge is 0.268 e. The van der Waals surface area contributed by atoms with Crippen LogP contribution in [0.3, 0.4) is 0 Å². The largest absolute Gasteiger partial charge is 0.756 e. The third-order valence-corrected chi connectivity index (χ3v) is 6.53. The Labute approximate surface area is 204 Å². The highest BCUT2D eigenvalue weighted by molar-refractivity contribution is 7.45. The van der Waals surface area contributed by atoms with Crippen LogP contribution in [0.2, 0.25) is 0 Å². The Kier molecular flexibility index (Phi) is 20.2. The van der Waals surface area contributed by atoms with Gasteiger partial charge in [-0.05, 0) is 12.3 Å². The molecule has 7 nitrogen and oxygen atoms in total. The first kappa shape index (κ1) is 33.0. The first-order valence-corrected chi connectivity index (χ1v) is 14.6. The van der Waals surface area contributed by atoms with Gasteiger partial charge in [0.15, 0.2) is 0 Å². The molecule has 0 heterocycles. The molecular formula is C25H54NO6P. The molecule has 0 saturated heterocycles. The van der Waals surface area contributed by atoms with E-state index in [0.29, 0.717) is 17.6 Å². The number of ether oxygens (including phenoxy) is 1. The van der Waals surface area contributed by atoms with Crippen LogP contribution >= 0.6 is 7.82 Å². The van der Waals surface area contributed by atoms with Crippen LogP contribution in [-0.2, 0) is 18.3 Å². The molecule has 33 heavy (non-hydrogen) atoms. The van der Waals surface area contributed by atoms with Crippen molar-refractivity contribution in [1.29, 1.82) is 0 Å². The Hall–Kier alpha value is -0.0100. The van der Waals surface area contributed by atoms with Crippen molar-refractivity contribution in [3.63, 3.8) is 0 Å². The Morgan fingerprint density at radius 1 is 0.758 bits per heavy atom. The molecule has 0 aliphatic rings. The van der Waals surface area contributed by atoms with Crippen LogP contribution in [0.1, 0.15) is 97.3 Å². The van der Waals surface area contributed by atoms with Crippen LogP contribution in [0.5, 0.6) is 0 Å². The van der Waals surface area contributed by atoms with E-state index in [4.69, 9.17) is 13.8 Å². The minimum atomic E-state index is -4.39. The van der Waals surface area contributed by atoms with E-state index in [1.54, 1.807) is 0 Å². The lowest BCUT2D eigenvalue weighted by molar-refractivity contribution is -0.870. The van der Waals surface area contributed by atoms with Crippen molar-refractivity contribution in [3.8, 4) is 0 Å². The third-order valence-electron chi connectivity index (χ3n) is 5.57. The monoisotopic (exact) mass is 495 g/mol. The summed E-state index contributed by atoms with van der Waals surface area (Å²) in [5.74, 6) is 0.845. The number of aliphatic hydroxyl groups is 1. The van der Waals surface area contributed by atoms with E-state index in [1.807, 2.05) is 21.1 Å². The minimum absolute atomic E-state index is 0.0510. The Morgan fingerprint density at radius 2 is 1.24 bits per heavy atom. The molecule has 0 radical (unpaired) electrons. The molecule has 0 rings (SSSR count). The van der Waals surface area contributed by atoms with Gasteiger partial charge in [0.1, 0.15) is 19.3 Å². The number of aliphatic hydroxyl groups excluding tert-OH is 1. The maximum atomic E-state index is 11.7. The van der Waals surface area contributed by atoms with Gasteiger partial charge in [-0.3, -0.25) is 4.57 Å². The summed E-state index contributed by atoms with van der Waals surface area (Å²) in [6, 6.07) is 0. The van der Waals surface area contributed by atoms with E-state index in [-0.39, 0.29) is 19.8 Å². The van der Waals surface area contributed by atoms with Gasteiger partial charge in [0.25, 0.3) is 7.82 Å². The molecule has 0 aromatic heterocycles. The highest BCUT2D eigenvalue weighted by Crippen LogP contribution is 2.38. The summed E-state index contributed by atoms with van der Waals surface area (Å²) in [5.41, 5.74) is 0. The molecule has 0 aromatic rings. The molecule has 8 heteroatoms. The second-order valence-electron chi connectivity index (χ2n) is 10.7. The molecule has 0 spiro atoms. The molecule has 200 valence electrons. The van der Waals surface area contributed by atoms with Gasteiger partial charge in [0, 0.05) is 6.61 Å². The maximum Gasteiger partial charge on any atom is 0.268 e. The fourth-order valence-electron chi connectivity index (χ4n) is 3.43. The number of rotatable bonds is 24. The number of nitrogens with zero attached hydrogens (tertiary/aromatic N) is 1. The van der Waals surface area contributed by atoms with E-state index in [0.717, 1.165) is 18.8 Å². The van der Waals surface area contributed by atoms with E-state index in [9.17, 15) is 14.6 Å². The molecule has 0 fully saturated rings. The van der Waals surface area contributed by atoms with Gasteiger partial charge >= 0.3 is 0 Å². The SMILES string of the molecule is CC(C)CCCCCCCCCCCCCCOC[C@@H](O)COP(=O)([O-])OCC[N+](C)(C)C. The van der Waals surface area contributed by atoms with Crippen LogP contribution in [0.25, 0.3) is 0 Å². The molecule has 0 saturated carbocycles. The highest BCUT2D eigenvalue weighted by atomic mass is 31.2. The number of hydrogen-bond donors (Lipinski definition) is 1. The first-order valence-electron chi connectivity index (χ1n) is 13.2. The van der Waals surface area contributed by atoms with E-state index >= 15 is 0 Å². The molecule has 2 atom stereocenters. The molecule has 0 aromatic carbocycles. The number of hydrogen-bond acceptors (Lipinski definition) is 6. The van der Waals surface area contributed by atoms with Gasteiger partial charge in [-0.1, -0.05) is 90.9 Å². The average Bonchev–Trinajstić information content (AvgIpc) is 2.70. The van der Waals surface area contributed by atoms with Crippen LogP contribution < -0.4 is 4.89 Å². The zero-order chi connectivity index (χ0) is 25.0. The van der Waals surface area contributed by atoms with Gasteiger partial charge in [0.05, 0.1) is 34.4 Å². The van der Waals surface area contributed by atoms with Crippen LogP contribution in [0, 0.1) is 5.92 Å². The normalized spacial score (nSPS) is 15.2.